The van der Waals surface area contributed by atoms with E-state index in [9.17, 15) is 4.79 Å². The third-order valence-electron chi connectivity index (χ3n) is 6.95. The van der Waals surface area contributed by atoms with Crippen molar-refractivity contribution in [1.82, 2.24) is 15.5 Å². The summed E-state index contributed by atoms with van der Waals surface area (Å²) in [4.78, 5) is 14.3. The van der Waals surface area contributed by atoms with E-state index in [-0.39, 0.29) is 17.6 Å². The second kappa shape index (κ2) is 6.69. The van der Waals surface area contributed by atoms with Gasteiger partial charge in [0.2, 0.25) is 5.91 Å². The number of aromatic nitrogens is 2. The van der Waals surface area contributed by atoms with Gasteiger partial charge in [-0.1, -0.05) is 31.2 Å². The van der Waals surface area contributed by atoms with E-state index in [1.54, 1.807) is 0 Å². The molecule has 4 atom stereocenters. The Labute approximate surface area is 165 Å². The van der Waals surface area contributed by atoms with Gasteiger partial charge in [-0.15, -0.1) is 5.10 Å². The van der Waals surface area contributed by atoms with Crippen molar-refractivity contribution in [3.63, 3.8) is 0 Å². The summed E-state index contributed by atoms with van der Waals surface area (Å²) in [7, 11) is 0. The molecule has 1 N–H and O–H groups in total. The lowest BCUT2D eigenvalue weighted by Gasteiger charge is -2.29. The summed E-state index contributed by atoms with van der Waals surface area (Å²) in [6.07, 6.45) is 3.98. The molecular formula is C22H28N4O2. The molecule has 0 aliphatic carbocycles. The Balaban J connectivity index is 1.40. The molecule has 2 aromatic rings. The number of hydrogen-bond acceptors (Lipinski definition) is 5. The van der Waals surface area contributed by atoms with Crippen molar-refractivity contribution < 1.29 is 9.53 Å². The van der Waals surface area contributed by atoms with E-state index in [2.05, 4.69) is 44.7 Å². The highest BCUT2D eigenvalue weighted by Crippen LogP contribution is 2.55. The number of amides is 1. The van der Waals surface area contributed by atoms with Gasteiger partial charge in [0, 0.05) is 48.7 Å². The number of nitrogens with one attached hydrogen (secondary N) is 1. The quantitative estimate of drug-likeness (QED) is 0.864. The monoisotopic (exact) mass is 380 g/mol. The molecule has 0 radical (unpaired) electrons. The Bertz CT molecular complexity index is 917. The lowest BCUT2D eigenvalue weighted by Crippen LogP contribution is -2.41. The zero-order valence-corrected chi connectivity index (χ0v) is 16.6. The van der Waals surface area contributed by atoms with Crippen molar-refractivity contribution in [3.8, 4) is 0 Å². The van der Waals surface area contributed by atoms with E-state index >= 15 is 0 Å². The first-order valence-electron chi connectivity index (χ1n) is 10.5. The van der Waals surface area contributed by atoms with Gasteiger partial charge in [-0.2, -0.15) is 5.10 Å². The summed E-state index contributed by atoms with van der Waals surface area (Å²) in [5, 5.41) is 14.5. The zero-order chi connectivity index (χ0) is 19.3. The highest BCUT2D eigenvalue weighted by atomic mass is 16.5. The van der Waals surface area contributed by atoms with Crippen LogP contribution in [0, 0.1) is 18.8 Å². The van der Waals surface area contributed by atoms with E-state index in [0.717, 1.165) is 61.2 Å². The second-order valence-electron chi connectivity index (χ2n) is 8.62. The average molecular weight is 380 g/mol. The lowest BCUT2D eigenvalue weighted by atomic mass is 9.73. The van der Waals surface area contributed by atoms with E-state index < -0.39 is 0 Å². The molecule has 3 saturated heterocycles. The van der Waals surface area contributed by atoms with Crippen molar-refractivity contribution in [2.75, 3.05) is 24.5 Å². The fourth-order valence-corrected chi connectivity index (χ4v) is 5.63. The van der Waals surface area contributed by atoms with Crippen LogP contribution in [0.1, 0.15) is 38.3 Å². The van der Waals surface area contributed by atoms with Gasteiger partial charge in [-0.05, 0) is 26.2 Å². The van der Waals surface area contributed by atoms with Crippen molar-refractivity contribution in [1.29, 1.82) is 0 Å². The van der Waals surface area contributed by atoms with Crippen LogP contribution < -0.4 is 10.2 Å². The maximum atomic E-state index is 12.0. The Morgan fingerprint density at radius 3 is 2.96 bits per heavy atom. The van der Waals surface area contributed by atoms with Gasteiger partial charge < -0.3 is 15.0 Å². The smallest absolute Gasteiger partial charge is 0.219 e. The van der Waals surface area contributed by atoms with Crippen molar-refractivity contribution in [3.05, 3.63) is 30.0 Å². The Hall–Kier alpha value is -2.21. The first kappa shape index (κ1) is 17.9. The molecule has 3 aliphatic heterocycles. The minimum absolute atomic E-state index is 0.0848. The van der Waals surface area contributed by atoms with Gasteiger partial charge in [-0.3, -0.25) is 4.79 Å². The van der Waals surface area contributed by atoms with Crippen molar-refractivity contribution in [2.45, 2.75) is 51.2 Å². The fraction of sp³-hybridized carbons (Fsp3) is 0.591. The summed E-state index contributed by atoms with van der Waals surface area (Å²) < 4.78 is 6.54. The van der Waals surface area contributed by atoms with E-state index in [0.29, 0.717) is 18.3 Å². The molecule has 1 aromatic carbocycles. The van der Waals surface area contributed by atoms with Gasteiger partial charge in [0.05, 0.1) is 17.4 Å². The summed E-state index contributed by atoms with van der Waals surface area (Å²) >= 11 is 0. The molecule has 6 nitrogen and oxygen atoms in total. The summed E-state index contributed by atoms with van der Waals surface area (Å²) in [5.41, 5.74) is 0.879. The predicted molar refractivity (Wildman–Crippen MR) is 108 cm³/mol. The van der Waals surface area contributed by atoms with Gasteiger partial charge in [0.25, 0.3) is 0 Å². The normalized spacial score (nSPS) is 30.8. The molecule has 1 spiro atoms. The van der Waals surface area contributed by atoms with Crippen LogP contribution >= 0.6 is 0 Å². The summed E-state index contributed by atoms with van der Waals surface area (Å²) in [6, 6.07) is 8.37. The topological polar surface area (TPSA) is 67.4 Å². The van der Waals surface area contributed by atoms with Crippen LogP contribution in [0.2, 0.25) is 0 Å². The van der Waals surface area contributed by atoms with Crippen molar-refractivity contribution in [2.24, 2.45) is 11.8 Å². The van der Waals surface area contributed by atoms with E-state index in [4.69, 9.17) is 4.74 Å². The van der Waals surface area contributed by atoms with E-state index in [1.165, 1.54) is 0 Å². The number of aryl methyl sites for hydroxylation is 1. The second-order valence-corrected chi connectivity index (χ2v) is 8.62. The first-order valence-corrected chi connectivity index (χ1v) is 10.5. The Morgan fingerprint density at radius 1 is 1.32 bits per heavy atom. The van der Waals surface area contributed by atoms with Crippen LogP contribution in [-0.4, -0.2) is 47.4 Å². The molecule has 4 heterocycles. The summed E-state index contributed by atoms with van der Waals surface area (Å²) in [5.74, 6) is 1.95. The van der Waals surface area contributed by atoms with Crippen molar-refractivity contribution >= 4 is 22.5 Å². The number of anilines is 1. The van der Waals surface area contributed by atoms with Crippen LogP contribution in [0.5, 0.6) is 0 Å². The molecule has 1 amide bonds. The minimum Gasteiger partial charge on any atom is -0.369 e. The molecule has 3 aliphatic rings. The zero-order valence-electron chi connectivity index (χ0n) is 16.6. The molecule has 148 valence electrons. The van der Waals surface area contributed by atoms with Gasteiger partial charge in [0.15, 0.2) is 5.82 Å². The minimum atomic E-state index is -0.0848. The number of fused-ring (bicyclic) bond motifs is 2. The number of nitrogens with zero attached hydrogens (tertiary/aromatic N) is 3. The molecular weight excluding hydrogens is 352 g/mol. The highest BCUT2D eigenvalue weighted by Gasteiger charge is 2.63. The van der Waals surface area contributed by atoms with Gasteiger partial charge in [-0.25, -0.2) is 0 Å². The largest absolute Gasteiger partial charge is 0.369 e. The standard InChI is InChI=1S/C22H28N4O2/c1-3-6-20(27)23-11-17-18-12-26(13-22(18)10-9-19(17)28-22)21-16-8-5-4-7-15(16)14(2)24-25-21/h4-5,7-8,17-19H,3,6,9-13H2,1-2H3,(H,23,27)/t17-,18+,19+,22+/m0/s1. The van der Waals surface area contributed by atoms with Crippen LogP contribution in [0.15, 0.2) is 24.3 Å². The predicted octanol–water partition coefficient (Wildman–Crippen LogP) is 2.84. The maximum Gasteiger partial charge on any atom is 0.219 e. The Kier molecular flexibility index (Phi) is 4.27. The Morgan fingerprint density at radius 2 is 2.14 bits per heavy atom. The number of carbonyl (C=O) groups excluding carboxylic acids is 1. The lowest BCUT2D eigenvalue weighted by molar-refractivity contribution is -0.121. The fourth-order valence-electron chi connectivity index (χ4n) is 5.63. The molecule has 2 bridgehead atoms. The third-order valence-corrected chi connectivity index (χ3v) is 6.95. The van der Waals surface area contributed by atoms with Crippen LogP contribution in [-0.2, 0) is 9.53 Å². The third kappa shape index (κ3) is 2.69. The maximum absolute atomic E-state index is 12.0. The van der Waals surface area contributed by atoms with Gasteiger partial charge in [0.1, 0.15) is 0 Å². The average Bonchev–Trinajstić information content (AvgIpc) is 3.35. The molecule has 1 aromatic heterocycles. The molecule has 3 fully saturated rings. The number of hydrogen-bond donors (Lipinski definition) is 1. The SMILES string of the molecule is CCCC(=O)NC[C@H]1[C@H]2CN(c3nnc(C)c4ccccc34)C[C@]23CC[C@H]1O3. The van der Waals surface area contributed by atoms with E-state index in [1.807, 2.05) is 13.8 Å². The summed E-state index contributed by atoms with van der Waals surface area (Å²) in [6.45, 7) is 6.57. The number of carbonyl (C=O) groups is 1. The van der Waals surface area contributed by atoms with Crippen LogP contribution in [0.3, 0.4) is 0 Å². The molecule has 5 rings (SSSR count). The van der Waals surface area contributed by atoms with Crippen LogP contribution in [0.25, 0.3) is 10.8 Å². The number of benzene rings is 1. The van der Waals surface area contributed by atoms with Gasteiger partial charge >= 0.3 is 0 Å². The molecule has 6 heteroatoms. The number of ether oxygens (including phenoxy) is 1. The highest BCUT2D eigenvalue weighted by molar-refractivity contribution is 5.93. The molecule has 28 heavy (non-hydrogen) atoms. The number of rotatable bonds is 5. The van der Waals surface area contributed by atoms with Crippen LogP contribution in [0.4, 0.5) is 5.82 Å². The first-order chi connectivity index (χ1) is 13.6. The molecule has 0 unspecified atom stereocenters. The molecule has 0 saturated carbocycles.